The molecule has 20 heavy (non-hydrogen) atoms. The van der Waals surface area contributed by atoms with Gasteiger partial charge in [-0.25, -0.2) is 0 Å². The first-order valence-corrected chi connectivity index (χ1v) is 6.29. The van der Waals surface area contributed by atoms with Gasteiger partial charge < -0.3 is 4.74 Å². The van der Waals surface area contributed by atoms with Crippen LogP contribution in [0.3, 0.4) is 0 Å². The van der Waals surface area contributed by atoms with Crippen LogP contribution in [-0.2, 0) is 6.42 Å². The fourth-order valence-electron chi connectivity index (χ4n) is 1.85. The smallest absolute Gasteiger partial charge is 0.406 e. The molecule has 0 saturated carbocycles. The van der Waals surface area contributed by atoms with Crippen LogP contribution in [0.1, 0.15) is 19.0 Å². The molecule has 2 rings (SSSR count). The molecule has 0 unspecified atom stereocenters. The van der Waals surface area contributed by atoms with Gasteiger partial charge in [-0.15, -0.1) is 13.2 Å². The molecular formula is C15H14F3NO. The SMILES string of the molecule is CCCc1ccc(-c2ccc(OC(F)(F)F)cc2)cn1. The number of aryl methyl sites for hydroxylation is 1. The van der Waals surface area contributed by atoms with Crippen molar-refractivity contribution in [3.63, 3.8) is 0 Å². The van der Waals surface area contributed by atoms with E-state index in [-0.39, 0.29) is 5.75 Å². The number of hydrogen-bond acceptors (Lipinski definition) is 2. The lowest BCUT2D eigenvalue weighted by Crippen LogP contribution is -2.16. The molecule has 1 aromatic heterocycles. The Bertz CT molecular complexity index is 547. The maximum atomic E-state index is 12.0. The number of aromatic nitrogens is 1. The van der Waals surface area contributed by atoms with Crippen LogP contribution in [0, 0.1) is 0 Å². The molecule has 5 heteroatoms. The van der Waals surface area contributed by atoms with Gasteiger partial charge >= 0.3 is 6.36 Å². The van der Waals surface area contributed by atoms with Gasteiger partial charge in [0.2, 0.25) is 0 Å². The Morgan fingerprint density at radius 1 is 1.00 bits per heavy atom. The first kappa shape index (κ1) is 14.4. The highest BCUT2D eigenvalue weighted by molar-refractivity contribution is 5.63. The minimum Gasteiger partial charge on any atom is -0.406 e. The number of ether oxygens (including phenoxy) is 1. The first-order chi connectivity index (χ1) is 9.48. The summed E-state index contributed by atoms with van der Waals surface area (Å²) in [5, 5.41) is 0. The van der Waals surface area contributed by atoms with Gasteiger partial charge in [-0.1, -0.05) is 31.5 Å². The van der Waals surface area contributed by atoms with Crippen LogP contribution in [0.25, 0.3) is 11.1 Å². The lowest BCUT2D eigenvalue weighted by atomic mass is 10.1. The van der Waals surface area contributed by atoms with E-state index in [1.807, 2.05) is 12.1 Å². The number of alkyl halides is 3. The topological polar surface area (TPSA) is 22.1 Å². The van der Waals surface area contributed by atoms with Crippen LogP contribution in [0.5, 0.6) is 5.75 Å². The molecule has 0 atom stereocenters. The van der Waals surface area contributed by atoms with Crippen LogP contribution in [0.4, 0.5) is 13.2 Å². The van der Waals surface area contributed by atoms with E-state index in [0.29, 0.717) is 0 Å². The highest BCUT2D eigenvalue weighted by Crippen LogP contribution is 2.26. The molecule has 2 aromatic rings. The van der Waals surface area contributed by atoms with Crippen LogP contribution in [0.2, 0.25) is 0 Å². The van der Waals surface area contributed by atoms with Crippen LogP contribution < -0.4 is 4.74 Å². The Kier molecular flexibility index (Phi) is 4.27. The minimum atomic E-state index is -4.66. The predicted octanol–water partition coefficient (Wildman–Crippen LogP) is 4.60. The quantitative estimate of drug-likeness (QED) is 0.817. The van der Waals surface area contributed by atoms with Crippen molar-refractivity contribution in [3.05, 3.63) is 48.3 Å². The van der Waals surface area contributed by atoms with Crippen LogP contribution >= 0.6 is 0 Å². The minimum absolute atomic E-state index is 0.225. The highest BCUT2D eigenvalue weighted by atomic mass is 19.4. The lowest BCUT2D eigenvalue weighted by Gasteiger charge is -2.09. The van der Waals surface area contributed by atoms with Gasteiger partial charge in [-0.3, -0.25) is 4.98 Å². The van der Waals surface area contributed by atoms with Gasteiger partial charge in [0, 0.05) is 17.5 Å². The zero-order valence-corrected chi connectivity index (χ0v) is 10.9. The second kappa shape index (κ2) is 5.94. The highest BCUT2D eigenvalue weighted by Gasteiger charge is 2.30. The summed E-state index contributed by atoms with van der Waals surface area (Å²) in [5.74, 6) is -0.225. The summed E-state index contributed by atoms with van der Waals surface area (Å²) >= 11 is 0. The molecular weight excluding hydrogens is 267 g/mol. The molecule has 1 aromatic carbocycles. The fourth-order valence-corrected chi connectivity index (χ4v) is 1.85. The molecule has 0 N–H and O–H groups in total. The van der Waals surface area contributed by atoms with Crippen molar-refractivity contribution in [2.24, 2.45) is 0 Å². The fraction of sp³-hybridized carbons (Fsp3) is 0.267. The van der Waals surface area contributed by atoms with Gasteiger partial charge in [-0.2, -0.15) is 0 Å². The summed E-state index contributed by atoms with van der Waals surface area (Å²) in [5.41, 5.74) is 2.67. The lowest BCUT2D eigenvalue weighted by molar-refractivity contribution is -0.274. The molecule has 0 radical (unpaired) electrons. The Morgan fingerprint density at radius 2 is 1.65 bits per heavy atom. The van der Waals surface area contributed by atoms with E-state index in [4.69, 9.17) is 0 Å². The summed E-state index contributed by atoms with van der Waals surface area (Å²) in [6.07, 6.45) is -0.996. The van der Waals surface area contributed by atoms with Gasteiger partial charge in [0.05, 0.1) is 0 Å². The predicted molar refractivity (Wildman–Crippen MR) is 70.4 cm³/mol. The van der Waals surface area contributed by atoms with Gasteiger partial charge in [0.25, 0.3) is 0 Å². The van der Waals surface area contributed by atoms with Gasteiger partial charge in [0.1, 0.15) is 5.75 Å². The van der Waals surface area contributed by atoms with Crippen molar-refractivity contribution in [2.75, 3.05) is 0 Å². The van der Waals surface area contributed by atoms with E-state index in [1.165, 1.54) is 12.1 Å². The Hall–Kier alpha value is -2.04. The second-order valence-corrected chi connectivity index (χ2v) is 4.36. The number of rotatable bonds is 4. The Labute approximate surface area is 115 Å². The number of benzene rings is 1. The van der Waals surface area contributed by atoms with Crippen molar-refractivity contribution in [1.29, 1.82) is 0 Å². The molecule has 0 amide bonds. The van der Waals surface area contributed by atoms with Crippen molar-refractivity contribution in [2.45, 2.75) is 26.1 Å². The number of nitrogens with zero attached hydrogens (tertiary/aromatic N) is 1. The average molecular weight is 281 g/mol. The summed E-state index contributed by atoms with van der Waals surface area (Å²) in [4.78, 5) is 4.32. The Morgan fingerprint density at radius 3 is 2.15 bits per heavy atom. The molecule has 0 aliphatic carbocycles. The molecule has 106 valence electrons. The van der Waals surface area contributed by atoms with Gasteiger partial charge in [0.15, 0.2) is 0 Å². The number of pyridine rings is 1. The summed E-state index contributed by atoms with van der Waals surface area (Å²) in [7, 11) is 0. The normalized spacial score (nSPS) is 11.4. The molecule has 0 aliphatic rings. The van der Waals surface area contributed by atoms with Crippen molar-refractivity contribution >= 4 is 0 Å². The summed E-state index contributed by atoms with van der Waals surface area (Å²) in [6.45, 7) is 2.08. The molecule has 0 spiro atoms. The van der Waals surface area contributed by atoms with E-state index in [2.05, 4.69) is 16.6 Å². The molecule has 2 nitrogen and oxygen atoms in total. The van der Waals surface area contributed by atoms with E-state index in [9.17, 15) is 13.2 Å². The van der Waals surface area contributed by atoms with E-state index >= 15 is 0 Å². The maximum Gasteiger partial charge on any atom is 0.573 e. The van der Waals surface area contributed by atoms with E-state index in [0.717, 1.165) is 29.7 Å². The van der Waals surface area contributed by atoms with E-state index < -0.39 is 6.36 Å². The first-order valence-electron chi connectivity index (χ1n) is 6.29. The largest absolute Gasteiger partial charge is 0.573 e. The van der Waals surface area contributed by atoms with Crippen LogP contribution in [-0.4, -0.2) is 11.3 Å². The van der Waals surface area contributed by atoms with Crippen molar-refractivity contribution in [3.8, 4) is 16.9 Å². The van der Waals surface area contributed by atoms with E-state index in [1.54, 1.807) is 18.3 Å². The molecule has 0 bridgehead atoms. The number of halogens is 3. The summed E-state index contributed by atoms with van der Waals surface area (Å²) in [6, 6.07) is 9.59. The molecule has 0 saturated heterocycles. The zero-order chi connectivity index (χ0) is 14.6. The second-order valence-electron chi connectivity index (χ2n) is 4.36. The van der Waals surface area contributed by atoms with Gasteiger partial charge in [-0.05, 0) is 30.2 Å². The summed E-state index contributed by atoms with van der Waals surface area (Å²) < 4.78 is 40.0. The zero-order valence-electron chi connectivity index (χ0n) is 10.9. The molecule has 0 aliphatic heterocycles. The molecule has 1 heterocycles. The molecule has 0 fully saturated rings. The number of hydrogen-bond donors (Lipinski definition) is 0. The maximum absolute atomic E-state index is 12.0. The third-order valence-corrected chi connectivity index (χ3v) is 2.75. The third kappa shape index (κ3) is 3.98. The standard InChI is InChI=1S/C15H14F3NO/c1-2-3-13-7-4-12(10-19-13)11-5-8-14(9-6-11)20-15(16,17)18/h4-10H,2-3H2,1H3. The monoisotopic (exact) mass is 281 g/mol. The van der Waals surface area contributed by atoms with Crippen molar-refractivity contribution < 1.29 is 17.9 Å². The van der Waals surface area contributed by atoms with Crippen molar-refractivity contribution in [1.82, 2.24) is 4.98 Å². The Balaban J connectivity index is 2.13. The average Bonchev–Trinajstić information content (AvgIpc) is 2.39. The van der Waals surface area contributed by atoms with Crippen LogP contribution in [0.15, 0.2) is 42.6 Å². The third-order valence-electron chi connectivity index (χ3n) is 2.75.